The van der Waals surface area contributed by atoms with Gasteiger partial charge in [0.25, 0.3) is 0 Å². The SMILES string of the molecule is Cc1cc(C)c2c(c1)C(=O)/C(=C\c1ccccc1)CO2. The Bertz CT molecular complexity index is 697. The van der Waals surface area contributed by atoms with Crippen LogP contribution in [0.4, 0.5) is 0 Å². The first-order valence-electron chi connectivity index (χ1n) is 6.69. The summed E-state index contributed by atoms with van der Waals surface area (Å²) in [5.41, 5.74) is 4.50. The van der Waals surface area contributed by atoms with E-state index in [-0.39, 0.29) is 5.78 Å². The number of Topliss-reactive ketones (excluding diaryl/α,β-unsaturated/α-hetero) is 1. The highest BCUT2D eigenvalue weighted by atomic mass is 16.5. The maximum atomic E-state index is 12.6. The molecule has 0 unspecified atom stereocenters. The van der Waals surface area contributed by atoms with Crippen LogP contribution in [0, 0.1) is 13.8 Å². The number of aryl methyl sites for hydroxylation is 2. The summed E-state index contributed by atoms with van der Waals surface area (Å²) in [5.74, 6) is 0.799. The van der Waals surface area contributed by atoms with E-state index in [4.69, 9.17) is 4.74 Å². The van der Waals surface area contributed by atoms with Crippen molar-refractivity contribution in [3.63, 3.8) is 0 Å². The molecule has 0 amide bonds. The normalized spacial score (nSPS) is 15.9. The van der Waals surface area contributed by atoms with E-state index >= 15 is 0 Å². The van der Waals surface area contributed by atoms with Crippen molar-refractivity contribution in [3.05, 3.63) is 70.3 Å². The van der Waals surface area contributed by atoms with Gasteiger partial charge in [0.15, 0.2) is 5.78 Å². The molecule has 20 heavy (non-hydrogen) atoms. The molecule has 0 aliphatic carbocycles. The molecule has 0 fully saturated rings. The number of rotatable bonds is 1. The van der Waals surface area contributed by atoms with Crippen molar-refractivity contribution >= 4 is 11.9 Å². The number of hydrogen-bond acceptors (Lipinski definition) is 2. The predicted molar refractivity (Wildman–Crippen MR) is 80.2 cm³/mol. The van der Waals surface area contributed by atoms with Crippen molar-refractivity contribution < 1.29 is 9.53 Å². The zero-order chi connectivity index (χ0) is 14.1. The Morgan fingerprint density at radius 2 is 1.85 bits per heavy atom. The van der Waals surface area contributed by atoms with Gasteiger partial charge in [-0.25, -0.2) is 0 Å². The Morgan fingerprint density at radius 3 is 2.60 bits per heavy atom. The molecule has 3 rings (SSSR count). The zero-order valence-corrected chi connectivity index (χ0v) is 11.6. The zero-order valence-electron chi connectivity index (χ0n) is 11.6. The van der Waals surface area contributed by atoms with Crippen molar-refractivity contribution in [2.45, 2.75) is 13.8 Å². The van der Waals surface area contributed by atoms with E-state index in [1.54, 1.807) is 0 Å². The van der Waals surface area contributed by atoms with Gasteiger partial charge in [-0.1, -0.05) is 36.4 Å². The summed E-state index contributed by atoms with van der Waals surface area (Å²) < 4.78 is 5.78. The summed E-state index contributed by atoms with van der Waals surface area (Å²) in [6.07, 6.45) is 1.91. The minimum absolute atomic E-state index is 0.0712. The second kappa shape index (κ2) is 4.97. The lowest BCUT2D eigenvalue weighted by molar-refractivity contribution is 0.100. The molecule has 1 aliphatic rings. The van der Waals surface area contributed by atoms with Gasteiger partial charge in [0.1, 0.15) is 12.4 Å². The van der Waals surface area contributed by atoms with Crippen LogP contribution < -0.4 is 4.74 Å². The summed E-state index contributed by atoms with van der Waals surface area (Å²) in [6, 6.07) is 13.8. The molecule has 2 aromatic rings. The molecule has 1 heterocycles. The van der Waals surface area contributed by atoms with Crippen LogP contribution in [0.3, 0.4) is 0 Å². The lowest BCUT2D eigenvalue weighted by atomic mass is 9.95. The van der Waals surface area contributed by atoms with E-state index in [0.29, 0.717) is 17.7 Å². The quantitative estimate of drug-likeness (QED) is 0.729. The van der Waals surface area contributed by atoms with E-state index in [0.717, 1.165) is 22.4 Å². The molecular weight excluding hydrogens is 248 g/mol. The molecule has 0 bridgehead atoms. The molecular formula is C18H16O2. The molecule has 2 nitrogen and oxygen atoms in total. The Hall–Kier alpha value is -2.35. The average Bonchev–Trinajstić information content (AvgIpc) is 2.43. The van der Waals surface area contributed by atoms with Gasteiger partial charge in [-0.05, 0) is 42.7 Å². The summed E-state index contributed by atoms with van der Waals surface area (Å²) in [7, 11) is 0. The van der Waals surface area contributed by atoms with Crippen LogP contribution in [-0.4, -0.2) is 12.4 Å². The minimum atomic E-state index is 0.0712. The number of hydrogen-bond donors (Lipinski definition) is 0. The maximum absolute atomic E-state index is 12.6. The van der Waals surface area contributed by atoms with Crippen LogP contribution >= 0.6 is 0 Å². The summed E-state index contributed by atoms with van der Waals surface area (Å²) in [4.78, 5) is 12.6. The second-order valence-electron chi connectivity index (χ2n) is 5.16. The highest BCUT2D eigenvalue weighted by Gasteiger charge is 2.24. The molecule has 0 radical (unpaired) electrons. The highest BCUT2D eigenvalue weighted by Crippen LogP contribution is 2.32. The summed E-state index contributed by atoms with van der Waals surface area (Å²) >= 11 is 0. The van der Waals surface area contributed by atoms with Gasteiger partial charge in [0.05, 0.1) is 5.56 Å². The number of ketones is 1. The molecule has 0 atom stereocenters. The molecule has 100 valence electrons. The predicted octanol–water partition coefficient (Wildman–Crippen LogP) is 3.96. The molecule has 0 N–H and O–H groups in total. The molecule has 0 saturated heterocycles. The van der Waals surface area contributed by atoms with Gasteiger partial charge < -0.3 is 4.74 Å². The van der Waals surface area contributed by atoms with Crippen LogP contribution in [0.25, 0.3) is 6.08 Å². The second-order valence-corrected chi connectivity index (χ2v) is 5.16. The smallest absolute Gasteiger partial charge is 0.196 e. The van der Waals surface area contributed by atoms with Crippen molar-refractivity contribution in [1.29, 1.82) is 0 Å². The standard InChI is InChI=1S/C18H16O2/c1-12-8-13(2)18-16(9-12)17(19)15(11-20-18)10-14-6-4-3-5-7-14/h3-10H,11H2,1-2H3/b15-10-. The molecule has 0 spiro atoms. The first-order chi connectivity index (χ1) is 9.65. The number of carbonyl (C=O) groups is 1. The van der Waals surface area contributed by atoms with E-state index in [9.17, 15) is 4.79 Å². The maximum Gasteiger partial charge on any atom is 0.196 e. The minimum Gasteiger partial charge on any atom is -0.488 e. The first kappa shape index (κ1) is 12.7. The Balaban J connectivity index is 2.03. The van der Waals surface area contributed by atoms with Gasteiger partial charge in [-0.3, -0.25) is 4.79 Å². The van der Waals surface area contributed by atoms with Crippen molar-refractivity contribution in [1.82, 2.24) is 0 Å². The van der Waals surface area contributed by atoms with Gasteiger partial charge in [-0.15, -0.1) is 0 Å². The van der Waals surface area contributed by atoms with Crippen LogP contribution in [0.2, 0.25) is 0 Å². The van der Waals surface area contributed by atoms with Crippen LogP contribution in [0.1, 0.15) is 27.0 Å². The Labute approximate surface area is 118 Å². The van der Waals surface area contributed by atoms with E-state index < -0.39 is 0 Å². The number of fused-ring (bicyclic) bond motifs is 1. The van der Waals surface area contributed by atoms with E-state index in [2.05, 4.69) is 0 Å². The summed E-state index contributed by atoms with van der Waals surface area (Å²) in [5, 5.41) is 0. The number of carbonyl (C=O) groups excluding carboxylic acids is 1. The van der Waals surface area contributed by atoms with Gasteiger partial charge in [0.2, 0.25) is 0 Å². The molecule has 0 aromatic heterocycles. The van der Waals surface area contributed by atoms with Crippen LogP contribution in [-0.2, 0) is 0 Å². The third kappa shape index (κ3) is 2.25. The lowest BCUT2D eigenvalue weighted by Crippen LogP contribution is -2.20. The van der Waals surface area contributed by atoms with Gasteiger partial charge in [-0.2, -0.15) is 0 Å². The van der Waals surface area contributed by atoms with Gasteiger partial charge >= 0.3 is 0 Å². The number of ether oxygens (including phenoxy) is 1. The van der Waals surface area contributed by atoms with E-state index in [1.165, 1.54) is 0 Å². The van der Waals surface area contributed by atoms with Crippen molar-refractivity contribution in [2.75, 3.05) is 6.61 Å². The number of benzene rings is 2. The fourth-order valence-corrected chi connectivity index (χ4v) is 2.56. The largest absolute Gasteiger partial charge is 0.488 e. The monoisotopic (exact) mass is 264 g/mol. The Kier molecular flexibility index (Phi) is 3.15. The molecule has 1 aliphatic heterocycles. The van der Waals surface area contributed by atoms with Crippen LogP contribution in [0.5, 0.6) is 5.75 Å². The Morgan fingerprint density at radius 1 is 1.10 bits per heavy atom. The lowest BCUT2D eigenvalue weighted by Gasteiger charge is -2.21. The average molecular weight is 264 g/mol. The topological polar surface area (TPSA) is 26.3 Å². The van der Waals surface area contributed by atoms with Crippen molar-refractivity contribution in [2.24, 2.45) is 0 Å². The fraction of sp³-hybridized carbons (Fsp3) is 0.167. The third-order valence-electron chi connectivity index (χ3n) is 3.47. The van der Waals surface area contributed by atoms with Crippen molar-refractivity contribution in [3.8, 4) is 5.75 Å². The fourth-order valence-electron chi connectivity index (χ4n) is 2.56. The van der Waals surface area contributed by atoms with E-state index in [1.807, 2.05) is 62.4 Å². The molecule has 0 saturated carbocycles. The van der Waals surface area contributed by atoms with Gasteiger partial charge in [0, 0.05) is 5.57 Å². The third-order valence-corrected chi connectivity index (χ3v) is 3.47. The van der Waals surface area contributed by atoms with Crippen LogP contribution in [0.15, 0.2) is 48.0 Å². The summed E-state index contributed by atoms with van der Waals surface area (Å²) in [6.45, 7) is 4.31. The molecule has 2 heteroatoms. The first-order valence-corrected chi connectivity index (χ1v) is 6.69. The molecule has 2 aromatic carbocycles. The highest BCUT2D eigenvalue weighted by molar-refractivity contribution is 6.14.